The quantitative estimate of drug-likeness (QED) is 0.932. The zero-order chi connectivity index (χ0) is 16.9. The lowest BCUT2D eigenvalue weighted by Crippen LogP contribution is -2.42. The molecule has 126 valence electrons. The summed E-state index contributed by atoms with van der Waals surface area (Å²) in [6.45, 7) is 1.32. The maximum atomic E-state index is 12.4. The molecule has 1 N–H and O–H groups in total. The van der Waals surface area contributed by atoms with Crippen LogP contribution in [0.2, 0.25) is 0 Å². The smallest absolute Gasteiger partial charge is 0.250 e. The van der Waals surface area contributed by atoms with Crippen molar-refractivity contribution in [3.8, 4) is 0 Å². The standard InChI is InChI=1S/C19H22N2O3/c22-17-8-4-5-11-21(17)14-18(23)20-12-9-16(10-13-20)19(24)15-6-2-1-3-7-15/h1-8,11,16,19,24H,9-10,12-14H2. The van der Waals surface area contributed by atoms with Gasteiger partial charge in [0.05, 0.1) is 6.10 Å². The molecule has 1 atom stereocenters. The van der Waals surface area contributed by atoms with E-state index in [-0.39, 0.29) is 23.9 Å². The van der Waals surface area contributed by atoms with E-state index in [1.54, 1.807) is 23.2 Å². The number of benzene rings is 1. The molecular weight excluding hydrogens is 304 g/mol. The Kier molecular flexibility index (Phi) is 5.11. The van der Waals surface area contributed by atoms with E-state index in [4.69, 9.17) is 0 Å². The maximum Gasteiger partial charge on any atom is 0.250 e. The number of nitrogens with zero attached hydrogens (tertiary/aromatic N) is 2. The van der Waals surface area contributed by atoms with Crippen molar-refractivity contribution in [3.05, 3.63) is 70.6 Å². The van der Waals surface area contributed by atoms with Gasteiger partial charge in [-0.2, -0.15) is 0 Å². The molecule has 1 unspecified atom stereocenters. The van der Waals surface area contributed by atoms with Crippen LogP contribution in [0.25, 0.3) is 0 Å². The monoisotopic (exact) mass is 326 g/mol. The second-order valence-corrected chi connectivity index (χ2v) is 6.24. The Hall–Kier alpha value is -2.40. The number of piperidine rings is 1. The number of aromatic nitrogens is 1. The Morgan fingerprint density at radius 2 is 1.75 bits per heavy atom. The number of amides is 1. The minimum atomic E-state index is -0.486. The van der Waals surface area contributed by atoms with Crippen LogP contribution in [0.3, 0.4) is 0 Å². The zero-order valence-electron chi connectivity index (χ0n) is 13.5. The van der Waals surface area contributed by atoms with E-state index in [1.807, 2.05) is 30.3 Å². The molecule has 1 aliphatic heterocycles. The van der Waals surface area contributed by atoms with Gasteiger partial charge in [0.25, 0.3) is 5.56 Å². The summed E-state index contributed by atoms with van der Waals surface area (Å²) in [6, 6.07) is 14.5. The number of likely N-dealkylation sites (tertiary alicyclic amines) is 1. The Labute approximate surface area is 141 Å². The molecule has 1 aromatic carbocycles. The topological polar surface area (TPSA) is 62.5 Å². The van der Waals surface area contributed by atoms with Crippen LogP contribution in [-0.4, -0.2) is 33.6 Å². The Bertz CT molecular complexity index is 734. The summed E-state index contributed by atoms with van der Waals surface area (Å²) < 4.78 is 1.42. The molecule has 0 bridgehead atoms. The van der Waals surface area contributed by atoms with E-state index in [9.17, 15) is 14.7 Å². The predicted molar refractivity (Wildman–Crippen MR) is 91.4 cm³/mol. The summed E-state index contributed by atoms with van der Waals surface area (Å²) in [4.78, 5) is 25.9. The average Bonchev–Trinajstić information content (AvgIpc) is 2.64. The van der Waals surface area contributed by atoms with Gasteiger partial charge in [-0.15, -0.1) is 0 Å². The van der Waals surface area contributed by atoms with Gasteiger partial charge in [-0.25, -0.2) is 0 Å². The minimum absolute atomic E-state index is 0.0454. The molecule has 1 aliphatic rings. The number of aliphatic hydroxyl groups is 1. The largest absolute Gasteiger partial charge is 0.388 e. The van der Waals surface area contributed by atoms with E-state index in [1.165, 1.54) is 10.6 Å². The van der Waals surface area contributed by atoms with Crippen molar-refractivity contribution >= 4 is 5.91 Å². The third-order valence-corrected chi connectivity index (χ3v) is 4.68. The van der Waals surface area contributed by atoms with Crippen LogP contribution in [0.4, 0.5) is 0 Å². The van der Waals surface area contributed by atoms with Crippen molar-refractivity contribution in [1.82, 2.24) is 9.47 Å². The Balaban J connectivity index is 1.56. The van der Waals surface area contributed by atoms with Gasteiger partial charge in [0, 0.05) is 25.4 Å². The fourth-order valence-electron chi connectivity index (χ4n) is 3.22. The predicted octanol–water partition coefficient (Wildman–Crippen LogP) is 1.82. The molecule has 0 radical (unpaired) electrons. The first-order valence-electron chi connectivity index (χ1n) is 8.31. The first-order valence-corrected chi connectivity index (χ1v) is 8.31. The SMILES string of the molecule is O=C(Cn1ccccc1=O)N1CCC(C(O)c2ccccc2)CC1. The molecule has 0 saturated carbocycles. The van der Waals surface area contributed by atoms with Crippen molar-refractivity contribution < 1.29 is 9.90 Å². The number of hydrogen-bond donors (Lipinski definition) is 1. The molecule has 5 nitrogen and oxygen atoms in total. The fraction of sp³-hybridized carbons (Fsp3) is 0.368. The van der Waals surface area contributed by atoms with Crippen LogP contribution in [0, 0.1) is 5.92 Å². The van der Waals surface area contributed by atoms with Crippen molar-refractivity contribution in [3.63, 3.8) is 0 Å². The molecule has 1 fully saturated rings. The highest BCUT2D eigenvalue weighted by molar-refractivity contribution is 5.76. The summed E-state index contributed by atoms with van der Waals surface area (Å²) in [5, 5.41) is 10.5. The maximum absolute atomic E-state index is 12.4. The summed E-state index contributed by atoms with van der Waals surface area (Å²) in [5.74, 6) is 0.117. The number of carbonyl (C=O) groups excluding carboxylic acids is 1. The Morgan fingerprint density at radius 1 is 1.08 bits per heavy atom. The van der Waals surface area contributed by atoms with E-state index >= 15 is 0 Å². The number of carbonyl (C=O) groups is 1. The fourth-order valence-corrected chi connectivity index (χ4v) is 3.22. The van der Waals surface area contributed by atoms with Crippen LogP contribution in [0.15, 0.2) is 59.5 Å². The van der Waals surface area contributed by atoms with Gasteiger partial charge in [0.2, 0.25) is 5.91 Å². The Morgan fingerprint density at radius 3 is 2.42 bits per heavy atom. The number of pyridine rings is 1. The first kappa shape index (κ1) is 16.5. The molecule has 1 aromatic heterocycles. The highest BCUT2D eigenvalue weighted by Gasteiger charge is 2.28. The van der Waals surface area contributed by atoms with Crippen molar-refractivity contribution in [2.75, 3.05) is 13.1 Å². The molecule has 1 amide bonds. The van der Waals surface area contributed by atoms with E-state index in [0.29, 0.717) is 13.1 Å². The van der Waals surface area contributed by atoms with Crippen LogP contribution < -0.4 is 5.56 Å². The van der Waals surface area contributed by atoms with Gasteiger partial charge >= 0.3 is 0 Å². The number of rotatable bonds is 4. The lowest BCUT2D eigenvalue weighted by atomic mass is 9.87. The van der Waals surface area contributed by atoms with Crippen molar-refractivity contribution in [1.29, 1.82) is 0 Å². The molecule has 2 heterocycles. The average molecular weight is 326 g/mol. The molecule has 5 heteroatoms. The number of aliphatic hydroxyl groups excluding tert-OH is 1. The highest BCUT2D eigenvalue weighted by atomic mass is 16.3. The van der Waals surface area contributed by atoms with Crippen molar-refractivity contribution in [2.24, 2.45) is 5.92 Å². The van der Waals surface area contributed by atoms with E-state index < -0.39 is 6.10 Å². The van der Waals surface area contributed by atoms with Gasteiger partial charge in [-0.1, -0.05) is 36.4 Å². The molecule has 3 rings (SSSR count). The summed E-state index contributed by atoms with van der Waals surface area (Å²) in [7, 11) is 0. The van der Waals surface area contributed by atoms with Gasteiger partial charge in [-0.3, -0.25) is 9.59 Å². The second kappa shape index (κ2) is 7.45. The molecule has 0 aliphatic carbocycles. The molecular formula is C19H22N2O3. The molecule has 2 aromatic rings. The first-order chi connectivity index (χ1) is 11.6. The summed E-state index contributed by atoms with van der Waals surface area (Å²) >= 11 is 0. The van der Waals surface area contributed by atoms with E-state index in [0.717, 1.165) is 18.4 Å². The molecule has 0 spiro atoms. The summed E-state index contributed by atoms with van der Waals surface area (Å²) in [6.07, 6.45) is 2.68. The third-order valence-electron chi connectivity index (χ3n) is 4.68. The molecule has 1 saturated heterocycles. The highest BCUT2D eigenvalue weighted by Crippen LogP contribution is 2.30. The normalized spacial score (nSPS) is 16.8. The lowest BCUT2D eigenvalue weighted by molar-refractivity contribution is -0.133. The van der Waals surface area contributed by atoms with Crippen LogP contribution >= 0.6 is 0 Å². The zero-order valence-corrected chi connectivity index (χ0v) is 13.5. The van der Waals surface area contributed by atoms with Crippen LogP contribution in [0.1, 0.15) is 24.5 Å². The number of hydrogen-bond acceptors (Lipinski definition) is 3. The molecule has 24 heavy (non-hydrogen) atoms. The van der Waals surface area contributed by atoms with Gasteiger partial charge < -0.3 is 14.6 Å². The van der Waals surface area contributed by atoms with Gasteiger partial charge in [-0.05, 0) is 30.4 Å². The van der Waals surface area contributed by atoms with Crippen LogP contribution in [0.5, 0.6) is 0 Å². The van der Waals surface area contributed by atoms with Crippen LogP contribution in [-0.2, 0) is 11.3 Å². The lowest BCUT2D eigenvalue weighted by Gasteiger charge is -2.34. The minimum Gasteiger partial charge on any atom is -0.388 e. The second-order valence-electron chi connectivity index (χ2n) is 6.24. The third kappa shape index (κ3) is 3.74. The van der Waals surface area contributed by atoms with Gasteiger partial charge in [0.1, 0.15) is 6.54 Å². The van der Waals surface area contributed by atoms with Gasteiger partial charge in [0.15, 0.2) is 0 Å². The van der Waals surface area contributed by atoms with Crippen molar-refractivity contribution in [2.45, 2.75) is 25.5 Å². The summed E-state index contributed by atoms with van der Waals surface area (Å²) in [5.41, 5.74) is 0.762. The van der Waals surface area contributed by atoms with E-state index in [2.05, 4.69) is 0 Å².